The summed E-state index contributed by atoms with van der Waals surface area (Å²) in [6.45, 7) is 4.52. The molecule has 1 unspecified atom stereocenters. The minimum Gasteiger partial charge on any atom is -0.309 e. The Labute approximate surface area is 130 Å². The molecule has 0 radical (unpaired) electrons. The lowest BCUT2D eigenvalue weighted by Crippen LogP contribution is -2.18. The highest BCUT2D eigenvalue weighted by Crippen LogP contribution is 2.28. The van der Waals surface area contributed by atoms with Gasteiger partial charge in [-0.2, -0.15) is 0 Å². The van der Waals surface area contributed by atoms with Crippen molar-refractivity contribution in [3.8, 4) is 0 Å². The van der Waals surface area contributed by atoms with Crippen molar-refractivity contribution in [1.29, 1.82) is 0 Å². The van der Waals surface area contributed by atoms with E-state index in [0.29, 0.717) is 5.92 Å². The fourth-order valence-electron chi connectivity index (χ4n) is 2.58. The Hall–Kier alpha value is -1.12. The molecule has 0 aliphatic heterocycles. The van der Waals surface area contributed by atoms with E-state index in [2.05, 4.69) is 83.6 Å². The number of benzene rings is 2. The van der Waals surface area contributed by atoms with E-state index < -0.39 is 0 Å². The molecule has 0 aliphatic carbocycles. The summed E-state index contributed by atoms with van der Waals surface area (Å²) in [6.07, 6.45) is 1.13. The first-order valence-corrected chi connectivity index (χ1v) is 7.91. The summed E-state index contributed by atoms with van der Waals surface area (Å²) < 4.78 is 1.15. The minimum atomic E-state index is 0.220. The molecule has 1 N–H and O–H groups in total. The summed E-state index contributed by atoms with van der Waals surface area (Å²) in [4.78, 5) is 0. The van der Waals surface area contributed by atoms with E-state index in [1.54, 1.807) is 0 Å². The third kappa shape index (κ3) is 3.71. The summed E-state index contributed by atoms with van der Waals surface area (Å²) in [5.74, 6) is 0.682. The van der Waals surface area contributed by atoms with Gasteiger partial charge in [0.15, 0.2) is 0 Å². The molecule has 0 spiro atoms. The molecular formula is C18H22BrN. The zero-order valence-corrected chi connectivity index (χ0v) is 13.9. The Kier molecular flexibility index (Phi) is 5.38. The van der Waals surface area contributed by atoms with E-state index in [9.17, 15) is 0 Å². The third-order valence-electron chi connectivity index (χ3n) is 3.43. The Morgan fingerprint density at radius 3 is 2.45 bits per heavy atom. The molecule has 20 heavy (non-hydrogen) atoms. The monoisotopic (exact) mass is 331 g/mol. The van der Waals surface area contributed by atoms with Crippen molar-refractivity contribution in [1.82, 2.24) is 5.32 Å². The van der Waals surface area contributed by atoms with Gasteiger partial charge in [-0.1, -0.05) is 72.2 Å². The average molecular weight is 332 g/mol. The molecule has 0 aromatic heterocycles. The number of nitrogens with one attached hydrogen (secondary N) is 1. The number of halogens is 1. The molecule has 2 aromatic carbocycles. The van der Waals surface area contributed by atoms with E-state index in [1.807, 2.05) is 7.05 Å². The zero-order valence-electron chi connectivity index (χ0n) is 12.4. The van der Waals surface area contributed by atoms with Gasteiger partial charge in [0.1, 0.15) is 0 Å². The van der Waals surface area contributed by atoms with E-state index in [4.69, 9.17) is 0 Å². The standard InChI is InChI=1S/C18H22BrN/c1-13(2)11-14-7-6-8-15(12-14)18(20-3)16-9-4-5-10-17(16)19/h4-10,12-13,18,20H,11H2,1-3H3. The van der Waals surface area contributed by atoms with Gasteiger partial charge in [0.2, 0.25) is 0 Å². The summed E-state index contributed by atoms with van der Waals surface area (Å²) in [7, 11) is 2.01. The maximum absolute atomic E-state index is 3.65. The molecule has 106 valence electrons. The molecule has 2 aromatic rings. The van der Waals surface area contributed by atoms with Crippen molar-refractivity contribution in [3.63, 3.8) is 0 Å². The molecule has 0 aliphatic rings. The van der Waals surface area contributed by atoms with Crippen LogP contribution >= 0.6 is 15.9 Å². The SMILES string of the molecule is CNC(c1cccc(CC(C)C)c1)c1ccccc1Br. The van der Waals surface area contributed by atoms with Gasteiger partial charge in [0.05, 0.1) is 6.04 Å². The van der Waals surface area contributed by atoms with Crippen molar-refractivity contribution in [3.05, 3.63) is 69.7 Å². The quantitative estimate of drug-likeness (QED) is 0.816. The highest BCUT2D eigenvalue weighted by molar-refractivity contribution is 9.10. The first kappa shape index (κ1) is 15.3. The van der Waals surface area contributed by atoms with E-state index >= 15 is 0 Å². The van der Waals surface area contributed by atoms with Crippen LogP contribution in [-0.2, 0) is 6.42 Å². The van der Waals surface area contributed by atoms with Gasteiger partial charge < -0.3 is 5.32 Å². The Bertz CT molecular complexity index is 563. The second kappa shape index (κ2) is 7.05. The summed E-state index contributed by atoms with van der Waals surface area (Å²) in [6, 6.07) is 17.5. The van der Waals surface area contributed by atoms with Gasteiger partial charge in [-0.05, 0) is 42.1 Å². The van der Waals surface area contributed by atoms with E-state index in [0.717, 1.165) is 10.9 Å². The van der Waals surface area contributed by atoms with Gasteiger partial charge in [-0.25, -0.2) is 0 Å². The van der Waals surface area contributed by atoms with Crippen molar-refractivity contribution in [2.24, 2.45) is 5.92 Å². The highest BCUT2D eigenvalue weighted by atomic mass is 79.9. The van der Waals surface area contributed by atoms with Gasteiger partial charge in [0.25, 0.3) is 0 Å². The molecule has 1 atom stereocenters. The fraction of sp³-hybridized carbons (Fsp3) is 0.333. The fourth-order valence-corrected chi connectivity index (χ4v) is 3.10. The van der Waals surface area contributed by atoms with E-state index in [-0.39, 0.29) is 6.04 Å². The Morgan fingerprint density at radius 2 is 1.80 bits per heavy atom. The smallest absolute Gasteiger partial charge is 0.0585 e. The maximum Gasteiger partial charge on any atom is 0.0585 e. The number of hydrogen-bond donors (Lipinski definition) is 1. The molecule has 0 saturated heterocycles. The van der Waals surface area contributed by atoms with Crippen LogP contribution in [0.3, 0.4) is 0 Å². The highest BCUT2D eigenvalue weighted by Gasteiger charge is 2.14. The van der Waals surface area contributed by atoms with Crippen LogP contribution in [0.15, 0.2) is 53.0 Å². The molecular weight excluding hydrogens is 310 g/mol. The molecule has 2 rings (SSSR count). The van der Waals surface area contributed by atoms with Gasteiger partial charge in [0, 0.05) is 4.47 Å². The van der Waals surface area contributed by atoms with Crippen molar-refractivity contribution in [2.45, 2.75) is 26.3 Å². The van der Waals surface area contributed by atoms with Crippen LogP contribution in [0.1, 0.15) is 36.6 Å². The normalized spacial score (nSPS) is 12.7. The summed E-state index contributed by atoms with van der Waals surface area (Å²) in [5.41, 5.74) is 4.00. The molecule has 0 amide bonds. The Balaban J connectivity index is 2.35. The third-order valence-corrected chi connectivity index (χ3v) is 4.16. The van der Waals surface area contributed by atoms with E-state index in [1.165, 1.54) is 16.7 Å². The largest absolute Gasteiger partial charge is 0.309 e. The first-order valence-electron chi connectivity index (χ1n) is 7.12. The second-order valence-electron chi connectivity index (χ2n) is 5.59. The minimum absolute atomic E-state index is 0.220. The summed E-state index contributed by atoms with van der Waals surface area (Å²) >= 11 is 3.65. The number of rotatable bonds is 5. The lowest BCUT2D eigenvalue weighted by Gasteiger charge is -2.19. The zero-order chi connectivity index (χ0) is 14.5. The van der Waals surface area contributed by atoms with Gasteiger partial charge in [-0.15, -0.1) is 0 Å². The van der Waals surface area contributed by atoms with Crippen LogP contribution in [0.25, 0.3) is 0 Å². The second-order valence-corrected chi connectivity index (χ2v) is 6.44. The predicted octanol–water partition coefficient (Wildman–Crippen LogP) is 4.96. The van der Waals surface area contributed by atoms with Crippen LogP contribution in [0.2, 0.25) is 0 Å². The van der Waals surface area contributed by atoms with Crippen LogP contribution in [-0.4, -0.2) is 7.05 Å². The molecule has 0 saturated carbocycles. The molecule has 1 nitrogen and oxygen atoms in total. The Morgan fingerprint density at radius 1 is 1.05 bits per heavy atom. The van der Waals surface area contributed by atoms with Gasteiger partial charge >= 0.3 is 0 Å². The summed E-state index contributed by atoms with van der Waals surface area (Å²) in [5, 5.41) is 3.43. The van der Waals surface area contributed by atoms with Crippen molar-refractivity contribution < 1.29 is 0 Å². The predicted molar refractivity (Wildman–Crippen MR) is 90.0 cm³/mol. The lowest BCUT2D eigenvalue weighted by atomic mass is 9.95. The van der Waals surface area contributed by atoms with Gasteiger partial charge in [-0.3, -0.25) is 0 Å². The van der Waals surface area contributed by atoms with Crippen LogP contribution < -0.4 is 5.32 Å². The van der Waals surface area contributed by atoms with Crippen LogP contribution in [0, 0.1) is 5.92 Å². The lowest BCUT2D eigenvalue weighted by molar-refractivity contribution is 0.643. The molecule has 0 fully saturated rings. The topological polar surface area (TPSA) is 12.0 Å². The average Bonchev–Trinajstić information content (AvgIpc) is 2.41. The van der Waals surface area contributed by atoms with Crippen molar-refractivity contribution in [2.75, 3.05) is 7.05 Å². The first-order chi connectivity index (χ1) is 9.61. The molecule has 0 bridgehead atoms. The number of hydrogen-bond acceptors (Lipinski definition) is 1. The van der Waals surface area contributed by atoms with Crippen molar-refractivity contribution >= 4 is 15.9 Å². The molecule has 0 heterocycles. The van der Waals surface area contributed by atoms with Crippen LogP contribution in [0.4, 0.5) is 0 Å². The maximum atomic E-state index is 3.65. The molecule has 2 heteroatoms. The van der Waals surface area contributed by atoms with Crippen LogP contribution in [0.5, 0.6) is 0 Å².